The summed E-state index contributed by atoms with van der Waals surface area (Å²) in [5.74, 6) is 0.524. The predicted molar refractivity (Wildman–Crippen MR) is 114 cm³/mol. The van der Waals surface area contributed by atoms with Crippen LogP contribution in [0.1, 0.15) is 68.1 Å². The third-order valence-corrected chi connectivity index (χ3v) is 11.2. The molecule has 3 nitrogen and oxygen atoms in total. The molecule has 2 N–H and O–H groups in total. The van der Waals surface area contributed by atoms with Crippen LogP contribution in [-0.2, 0) is 27.1 Å². The molecule has 0 bridgehead atoms. The van der Waals surface area contributed by atoms with E-state index in [0.29, 0.717) is 0 Å². The van der Waals surface area contributed by atoms with Crippen molar-refractivity contribution in [2.75, 3.05) is 0 Å². The van der Waals surface area contributed by atoms with Gasteiger partial charge in [0.05, 0.1) is 21.6 Å². The van der Waals surface area contributed by atoms with Gasteiger partial charge in [0, 0.05) is 37.7 Å². The SMILES string of the molecule is CCC(N)(CC)c1ccc2c(c1)S(=O)C1CC3c4ccccc4S(=O)C3CC21. The summed E-state index contributed by atoms with van der Waals surface area (Å²) in [4.78, 5) is 1.97. The molecule has 5 rings (SSSR count). The summed E-state index contributed by atoms with van der Waals surface area (Å²) >= 11 is 0. The van der Waals surface area contributed by atoms with Gasteiger partial charge in [0.1, 0.15) is 0 Å². The quantitative estimate of drug-likeness (QED) is 0.816. The van der Waals surface area contributed by atoms with Gasteiger partial charge in [0.15, 0.2) is 0 Å². The minimum absolute atomic E-state index is 0.130. The Hall–Kier alpha value is -1.30. The van der Waals surface area contributed by atoms with Crippen molar-refractivity contribution in [1.82, 2.24) is 0 Å². The molecule has 0 aromatic heterocycles. The van der Waals surface area contributed by atoms with E-state index in [1.54, 1.807) is 0 Å². The van der Waals surface area contributed by atoms with Gasteiger partial charge in [0.2, 0.25) is 0 Å². The number of benzene rings is 2. The summed E-state index contributed by atoms with van der Waals surface area (Å²) in [5.41, 5.74) is 9.77. The van der Waals surface area contributed by atoms with Gasteiger partial charge in [-0.2, -0.15) is 0 Å². The maximum absolute atomic E-state index is 13.5. The molecule has 0 amide bonds. The number of nitrogens with two attached hydrogens (primary N) is 1. The van der Waals surface area contributed by atoms with Crippen LogP contribution in [0.15, 0.2) is 52.3 Å². The van der Waals surface area contributed by atoms with E-state index in [9.17, 15) is 8.42 Å². The molecular weight excluding hydrogens is 386 g/mol. The van der Waals surface area contributed by atoms with Gasteiger partial charge in [-0.25, -0.2) is 0 Å². The van der Waals surface area contributed by atoms with Crippen LogP contribution in [0.4, 0.5) is 0 Å². The molecule has 148 valence electrons. The second kappa shape index (κ2) is 6.61. The normalized spacial score (nSPS) is 33.1. The summed E-state index contributed by atoms with van der Waals surface area (Å²) in [6.45, 7) is 4.23. The highest BCUT2D eigenvalue weighted by Gasteiger charge is 2.51. The Morgan fingerprint density at radius 1 is 0.893 bits per heavy atom. The Bertz CT molecular complexity index is 998. The highest BCUT2D eigenvalue weighted by atomic mass is 32.2. The van der Waals surface area contributed by atoms with Crippen LogP contribution in [0.3, 0.4) is 0 Å². The molecule has 5 heteroatoms. The van der Waals surface area contributed by atoms with Gasteiger partial charge in [0.25, 0.3) is 0 Å². The predicted octanol–water partition coefficient (Wildman–Crippen LogP) is 4.30. The summed E-state index contributed by atoms with van der Waals surface area (Å²) in [5, 5.41) is 0.284. The van der Waals surface area contributed by atoms with E-state index in [4.69, 9.17) is 5.73 Å². The minimum Gasteiger partial charge on any atom is -0.321 e. The fourth-order valence-electron chi connectivity index (χ4n) is 5.54. The lowest BCUT2D eigenvalue weighted by molar-refractivity contribution is 0.409. The smallest absolute Gasteiger partial charge is 0.0570 e. The topological polar surface area (TPSA) is 60.2 Å². The molecule has 2 aromatic carbocycles. The third-order valence-electron chi connectivity index (χ3n) is 7.42. The fraction of sp³-hybridized carbons (Fsp3) is 0.478. The van der Waals surface area contributed by atoms with Crippen molar-refractivity contribution in [3.63, 3.8) is 0 Å². The van der Waals surface area contributed by atoms with Crippen LogP contribution in [0.2, 0.25) is 0 Å². The van der Waals surface area contributed by atoms with Crippen LogP contribution in [0.5, 0.6) is 0 Å². The number of hydrogen-bond donors (Lipinski definition) is 1. The Morgan fingerprint density at radius 2 is 1.46 bits per heavy atom. The number of hydrogen-bond acceptors (Lipinski definition) is 3. The Labute approximate surface area is 172 Å². The zero-order chi connectivity index (χ0) is 19.6. The zero-order valence-corrected chi connectivity index (χ0v) is 18.0. The number of fused-ring (bicyclic) bond motifs is 6. The third kappa shape index (κ3) is 2.49. The van der Waals surface area contributed by atoms with E-state index < -0.39 is 21.6 Å². The van der Waals surface area contributed by atoms with Crippen molar-refractivity contribution in [2.24, 2.45) is 5.73 Å². The number of rotatable bonds is 3. The lowest BCUT2D eigenvalue weighted by Crippen LogP contribution is -2.35. The Morgan fingerprint density at radius 3 is 2.11 bits per heavy atom. The van der Waals surface area contributed by atoms with E-state index in [2.05, 4.69) is 38.1 Å². The first kappa shape index (κ1) is 18.7. The summed E-state index contributed by atoms with van der Waals surface area (Å²) in [6, 6.07) is 14.5. The largest absolute Gasteiger partial charge is 0.321 e. The molecule has 6 unspecified atom stereocenters. The van der Waals surface area contributed by atoms with Gasteiger partial charge in [-0.3, -0.25) is 8.42 Å². The molecule has 1 aliphatic carbocycles. The lowest BCUT2D eigenvalue weighted by atomic mass is 9.75. The van der Waals surface area contributed by atoms with E-state index in [-0.39, 0.29) is 27.9 Å². The molecule has 2 aromatic rings. The average molecular weight is 414 g/mol. The highest BCUT2D eigenvalue weighted by molar-refractivity contribution is 7.86. The van der Waals surface area contributed by atoms with E-state index in [0.717, 1.165) is 41.0 Å². The van der Waals surface area contributed by atoms with Gasteiger partial charge in [-0.15, -0.1) is 0 Å². The molecule has 6 atom stereocenters. The first-order valence-electron chi connectivity index (χ1n) is 10.3. The summed E-state index contributed by atoms with van der Waals surface area (Å²) in [6.07, 6.45) is 3.46. The maximum atomic E-state index is 13.5. The van der Waals surface area contributed by atoms with Crippen molar-refractivity contribution in [3.8, 4) is 0 Å². The van der Waals surface area contributed by atoms with Gasteiger partial charge >= 0.3 is 0 Å². The molecule has 1 fully saturated rings. The summed E-state index contributed by atoms with van der Waals surface area (Å²) in [7, 11) is -1.97. The van der Waals surface area contributed by atoms with Crippen LogP contribution in [-0.4, -0.2) is 18.9 Å². The standard InChI is InChI=1S/C23H27NO2S2/c1-3-23(24,4-2)14-9-10-16-18-13-21-17(12-22(18)28(26)20(16)11-14)15-7-5-6-8-19(15)27(21)25/h5-11,17-18,21-22H,3-4,12-13,24H2,1-2H3. The van der Waals surface area contributed by atoms with Crippen molar-refractivity contribution >= 4 is 21.6 Å². The maximum Gasteiger partial charge on any atom is 0.0570 e. The monoisotopic (exact) mass is 413 g/mol. The molecule has 0 radical (unpaired) electrons. The lowest BCUT2D eigenvalue weighted by Gasteiger charge is -2.33. The van der Waals surface area contributed by atoms with Crippen molar-refractivity contribution < 1.29 is 8.42 Å². The van der Waals surface area contributed by atoms with Gasteiger partial charge in [-0.1, -0.05) is 44.2 Å². The molecule has 0 spiro atoms. The van der Waals surface area contributed by atoms with Gasteiger partial charge in [-0.05, 0) is 54.5 Å². The van der Waals surface area contributed by atoms with Gasteiger partial charge < -0.3 is 5.73 Å². The van der Waals surface area contributed by atoms with Crippen molar-refractivity contribution in [1.29, 1.82) is 0 Å². The Balaban J connectivity index is 1.53. The van der Waals surface area contributed by atoms with Crippen LogP contribution >= 0.6 is 0 Å². The van der Waals surface area contributed by atoms with E-state index in [1.165, 1.54) is 11.1 Å². The van der Waals surface area contributed by atoms with E-state index >= 15 is 0 Å². The second-order valence-electron chi connectivity index (χ2n) is 8.51. The van der Waals surface area contributed by atoms with Crippen molar-refractivity contribution in [3.05, 3.63) is 59.2 Å². The first-order chi connectivity index (χ1) is 13.5. The fourth-order valence-corrected chi connectivity index (χ4v) is 9.43. The molecule has 2 heterocycles. The highest BCUT2D eigenvalue weighted by Crippen LogP contribution is 2.55. The molecular formula is C23H27NO2S2. The van der Waals surface area contributed by atoms with Crippen molar-refractivity contribution in [2.45, 2.75) is 77.2 Å². The van der Waals surface area contributed by atoms with Crippen LogP contribution in [0.25, 0.3) is 0 Å². The summed E-state index contributed by atoms with van der Waals surface area (Å²) < 4.78 is 26.6. The zero-order valence-electron chi connectivity index (χ0n) is 16.4. The molecule has 28 heavy (non-hydrogen) atoms. The average Bonchev–Trinajstić information content (AvgIpc) is 3.18. The minimum atomic E-state index is -1.02. The second-order valence-corrected chi connectivity index (χ2v) is 11.8. The van der Waals surface area contributed by atoms with Crippen LogP contribution in [0, 0.1) is 0 Å². The molecule has 0 saturated heterocycles. The molecule has 1 saturated carbocycles. The molecule has 3 aliphatic rings. The first-order valence-corrected chi connectivity index (χ1v) is 12.7. The van der Waals surface area contributed by atoms with E-state index in [1.807, 2.05) is 18.2 Å². The van der Waals surface area contributed by atoms with Crippen LogP contribution < -0.4 is 5.73 Å². The Kier molecular flexibility index (Phi) is 4.42. The molecule has 2 aliphatic heterocycles.